The molecule has 0 aliphatic rings. The van der Waals surface area contributed by atoms with Gasteiger partial charge in [-0.05, 0) is 32.1 Å². The Morgan fingerprint density at radius 3 is 2.12 bits per heavy atom. The van der Waals surface area contributed by atoms with Gasteiger partial charge in [-0.25, -0.2) is 0 Å². The lowest BCUT2D eigenvalue weighted by atomic mass is 10.1. The van der Waals surface area contributed by atoms with Gasteiger partial charge in [-0.2, -0.15) is 0 Å². The summed E-state index contributed by atoms with van der Waals surface area (Å²) in [5, 5.41) is 0. The third kappa shape index (κ3) is 17.8. The Morgan fingerprint density at radius 1 is 0.840 bits per heavy atom. The fraction of sp³-hybridized carbons (Fsp3) is 0.864. The fourth-order valence-corrected chi connectivity index (χ4v) is 3.01. The molecule has 0 fully saturated rings. The van der Waals surface area contributed by atoms with Gasteiger partial charge in [-0.1, -0.05) is 76.9 Å². The van der Waals surface area contributed by atoms with Crippen LogP contribution in [0.3, 0.4) is 0 Å². The quantitative estimate of drug-likeness (QED) is 0.158. The van der Waals surface area contributed by atoms with Gasteiger partial charge < -0.3 is 9.47 Å². The van der Waals surface area contributed by atoms with Gasteiger partial charge in [0.15, 0.2) is 0 Å². The van der Waals surface area contributed by atoms with Crippen molar-refractivity contribution in [1.29, 1.82) is 0 Å². The highest BCUT2D eigenvalue weighted by Gasteiger charge is 2.04. The maximum absolute atomic E-state index is 11.0. The number of esters is 1. The van der Waals surface area contributed by atoms with Crippen LogP contribution in [-0.4, -0.2) is 26.3 Å². The monoisotopic (exact) mass is 354 g/mol. The fourth-order valence-electron chi connectivity index (χ4n) is 3.01. The van der Waals surface area contributed by atoms with Crippen molar-refractivity contribution < 1.29 is 14.3 Å². The minimum Gasteiger partial charge on any atom is -0.469 e. The van der Waals surface area contributed by atoms with Gasteiger partial charge in [0.1, 0.15) is 0 Å². The topological polar surface area (TPSA) is 35.5 Å². The van der Waals surface area contributed by atoms with Crippen LogP contribution in [0.25, 0.3) is 0 Å². The second-order valence-electron chi connectivity index (χ2n) is 7.00. The third-order valence-electron chi connectivity index (χ3n) is 4.76. The molecule has 0 amide bonds. The van der Waals surface area contributed by atoms with E-state index in [1.807, 2.05) is 7.11 Å². The van der Waals surface area contributed by atoms with E-state index in [0.717, 1.165) is 19.3 Å². The predicted octanol–water partition coefficient (Wildman–Crippen LogP) is 6.60. The van der Waals surface area contributed by atoms with Crippen LogP contribution in [0, 0.1) is 0 Å². The van der Waals surface area contributed by atoms with Gasteiger partial charge in [0.25, 0.3) is 0 Å². The Labute approximate surface area is 156 Å². The summed E-state index contributed by atoms with van der Waals surface area (Å²) in [5.41, 5.74) is 0. The van der Waals surface area contributed by atoms with E-state index < -0.39 is 0 Å². The summed E-state index contributed by atoms with van der Waals surface area (Å²) < 4.78 is 10.2. The molecule has 0 spiro atoms. The highest BCUT2D eigenvalue weighted by molar-refractivity contribution is 5.68. The SMILES string of the molecule is CCCCCC[C@H](C/C=C\CCCCCCCCCC(=O)OC)OC. The zero-order chi connectivity index (χ0) is 18.6. The molecular weight excluding hydrogens is 312 g/mol. The molecule has 0 saturated heterocycles. The maximum Gasteiger partial charge on any atom is 0.305 e. The molecule has 0 unspecified atom stereocenters. The number of unbranched alkanes of at least 4 members (excludes halogenated alkanes) is 10. The second kappa shape index (κ2) is 19.5. The van der Waals surface area contributed by atoms with Crippen molar-refractivity contribution in [3.05, 3.63) is 12.2 Å². The first-order valence-corrected chi connectivity index (χ1v) is 10.5. The van der Waals surface area contributed by atoms with E-state index in [0.29, 0.717) is 12.5 Å². The second-order valence-corrected chi connectivity index (χ2v) is 7.00. The lowest BCUT2D eigenvalue weighted by molar-refractivity contribution is -0.140. The van der Waals surface area contributed by atoms with Crippen molar-refractivity contribution in [3.63, 3.8) is 0 Å². The molecule has 0 aromatic carbocycles. The molecule has 25 heavy (non-hydrogen) atoms. The summed E-state index contributed by atoms with van der Waals surface area (Å²) in [6.45, 7) is 2.25. The normalized spacial score (nSPS) is 12.6. The van der Waals surface area contributed by atoms with Crippen molar-refractivity contribution in [3.8, 4) is 0 Å². The Hall–Kier alpha value is -0.830. The van der Waals surface area contributed by atoms with Crippen LogP contribution in [0.15, 0.2) is 12.2 Å². The number of rotatable bonds is 18. The van der Waals surface area contributed by atoms with Crippen molar-refractivity contribution >= 4 is 5.97 Å². The zero-order valence-corrected chi connectivity index (χ0v) is 17.1. The highest BCUT2D eigenvalue weighted by Crippen LogP contribution is 2.13. The molecule has 3 heteroatoms. The summed E-state index contributed by atoms with van der Waals surface area (Å²) in [5.74, 6) is -0.0801. The van der Waals surface area contributed by atoms with E-state index in [9.17, 15) is 4.79 Å². The summed E-state index contributed by atoms with van der Waals surface area (Å²) in [4.78, 5) is 11.0. The zero-order valence-electron chi connectivity index (χ0n) is 17.1. The molecule has 3 nitrogen and oxygen atoms in total. The number of methoxy groups -OCH3 is 2. The van der Waals surface area contributed by atoms with Crippen LogP contribution in [0.2, 0.25) is 0 Å². The molecular formula is C22H42O3. The molecule has 0 rings (SSSR count). The van der Waals surface area contributed by atoms with Crippen LogP contribution in [0.5, 0.6) is 0 Å². The number of allylic oxidation sites excluding steroid dienone is 1. The average molecular weight is 355 g/mol. The van der Waals surface area contributed by atoms with Crippen molar-refractivity contribution in [2.45, 2.75) is 109 Å². The van der Waals surface area contributed by atoms with Crippen LogP contribution in [0.1, 0.15) is 103 Å². The van der Waals surface area contributed by atoms with Gasteiger partial charge >= 0.3 is 5.97 Å². The van der Waals surface area contributed by atoms with Crippen LogP contribution in [-0.2, 0) is 14.3 Å². The number of ether oxygens (including phenoxy) is 2. The Balaban J connectivity index is 3.37. The van der Waals surface area contributed by atoms with Crippen LogP contribution in [0.4, 0.5) is 0 Å². The Kier molecular flexibility index (Phi) is 18.8. The lowest BCUT2D eigenvalue weighted by Gasteiger charge is -2.12. The van der Waals surface area contributed by atoms with Crippen LogP contribution < -0.4 is 0 Å². The summed E-state index contributed by atoms with van der Waals surface area (Å²) in [6, 6.07) is 0. The molecule has 0 saturated carbocycles. The van der Waals surface area contributed by atoms with E-state index in [1.165, 1.54) is 77.7 Å². The Morgan fingerprint density at radius 2 is 1.48 bits per heavy atom. The third-order valence-corrected chi connectivity index (χ3v) is 4.76. The maximum atomic E-state index is 11.0. The van der Waals surface area contributed by atoms with E-state index in [1.54, 1.807) is 0 Å². The van der Waals surface area contributed by atoms with Gasteiger partial charge in [0.05, 0.1) is 13.2 Å². The van der Waals surface area contributed by atoms with E-state index in [2.05, 4.69) is 23.8 Å². The first-order valence-electron chi connectivity index (χ1n) is 10.5. The molecule has 0 N–H and O–H groups in total. The summed E-state index contributed by atoms with van der Waals surface area (Å²) >= 11 is 0. The lowest BCUT2D eigenvalue weighted by Crippen LogP contribution is -2.08. The van der Waals surface area contributed by atoms with Crippen LogP contribution >= 0.6 is 0 Å². The minimum atomic E-state index is -0.0801. The molecule has 0 aliphatic carbocycles. The minimum absolute atomic E-state index is 0.0801. The molecule has 0 aromatic heterocycles. The smallest absolute Gasteiger partial charge is 0.305 e. The van der Waals surface area contributed by atoms with E-state index in [4.69, 9.17) is 4.74 Å². The molecule has 0 radical (unpaired) electrons. The van der Waals surface area contributed by atoms with Gasteiger partial charge in [0.2, 0.25) is 0 Å². The van der Waals surface area contributed by atoms with Gasteiger partial charge in [-0.3, -0.25) is 4.79 Å². The number of carbonyl (C=O) groups excluding carboxylic acids is 1. The number of hydrogen-bond acceptors (Lipinski definition) is 3. The molecule has 1 atom stereocenters. The van der Waals surface area contributed by atoms with Crippen molar-refractivity contribution in [2.75, 3.05) is 14.2 Å². The molecule has 0 bridgehead atoms. The van der Waals surface area contributed by atoms with Crippen molar-refractivity contribution in [1.82, 2.24) is 0 Å². The molecule has 0 heterocycles. The average Bonchev–Trinajstić information content (AvgIpc) is 2.63. The Bertz CT molecular complexity index is 312. The molecule has 0 aromatic rings. The largest absolute Gasteiger partial charge is 0.469 e. The van der Waals surface area contributed by atoms with E-state index in [-0.39, 0.29) is 5.97 Å². The van der Waals surface area contributed by atoms with Gasteiger partial charge in [-0.15, -0.1) is 0 Å². The summed E-state index contributed by atoms with van der Waals surface area (Å²) in [6.07, 6.45) is 22.9. The first kappa shape index (κ1) is 24.2. The number of carbonyl (C=O) groups is 1. The summed E-state index contributed by atoms with van der Waals surface area (Å²) in [7, 11) is 3.29. The standard InChI is InChI=1S/C22H42O3/c1-4-5-6-15-18-21(24-2)19-16-13-11-9-7-8-10-12-14-17-20-22(23)25-3/h13,16,21H,4-12,14-15,17-20H2,1-3H3/b16-13-/t21-/m1/s1. The van der Waals surface area contributed by atoms with Crippen molar-refractivity contribution in [2.24, 2.45) is 0 Å². The highest BCUT2D eigenvalue weighted by atomic mass is 16.5. The number of hydrogen-bond donors (Lipinski definition) is 0. The predicted molar refractivity (Wildman–Crippen MR) is 107 cm³/mol. The molecule has 148 valence electrons. The molecule has 0 aliphatic heterocycles. The van der Waals surface area contributed by atoms with Gasteiger partial charge in [0, 0.05) is 13.5 Å². The first-order chi connectivity index (χ1) is 12.2. The van der Waals surface area contributed by atoms with E-state index >= 15 is 0 Å².